The number of hydrogen-bond donors (Lipinski definition) is 0. The summed E-state index contributed by atoms with van der Waals surface area (Å²) in [6, 6.07) is 7.59. The number of carbonyl (C=O) groups excluding carboxylic acids is 1. The van der Waals surface area contributed by atoms with Crippen LogP contribution >= 0.6 is 0 Å². The first-order chi connectivity index (χ1) is 7.21. The number of hydrogen-bond acceptors (Lipinski definition) is 2. The lowest BCUT2D eigenvalue weighted by molar-refractivity contribution is 0.0301. The van der Waals surface area contributed by atoms with Gasteiger partial charge in [-0.25, -0.2) is 0 Å². The third-order valence-electron chi connectivity index (χ3n) is 3.72. The second-order valence-electron chi connectivity index (χ2n) is 4.72. The van der Waals surface area contributed by atoms with Crippen molar-refractivity contribution in [2.45, 2.75) is 31.8 Å². The first-order valence-electron chi connectivity index (χ1n) is 5.53. The van der Waals surface area contributed by atoms with Crippen LogP contribution in [0.2, 0.25) is 0 Å². The van der Waals surface area contributed by atoms with Crippen molar-refractivity contribution in [2.24, 2.45) is 5.92 Å². The van der Waals surface area contributed by atoms with Crippen molar-refractivity contribution in [1.29, 1.82) is 0 Å². The van der Waals surface area contributed by atoms with Gasteiger partial charge in [-0.15, -0.1) is 0 Å². The van der Waals surface area contributed by atoms with E-state index in [0.29, 0.717) is 0 Å². The Kier molecular flexibility index (Phi) is 1.70. The number of rotatable bonds is 0. The van der Waals surface area contributed by atoms with Crippen LogP contribution in [0.25, 0.3) is 0 Å². The Morgan fingerprint density at radius 1 is 1.40 bits per heavy atom. The fourth-order valence-corrected chi connectivity index (χ4v) is 2.87. The number of Topliss-reactive ketones (excluding diaryl/α,β-unsaturated/α-hetero) is 1. The van der Waals surface area contributed by atoms with E-state index in [1.807, 2.05) is 24.3 Å². The Morgan fingerprint density at radius 2 is 2.20 bits per heavy atom. The molecule has 1 aliphatic heterocycles. The summed E-state index contributed by atoms with van der Waals surface area (Å²) < 4.78 is 5.99. The number of ether oxygens (including phenoxy) is 1. The lowest BCUT2D eigenvalue weighted by Gasteiger charge is -2.36. The fourth-order valence-electron chi connectivity index (χ4n) is 2.87. The SMILES string of the molecule is C[C@@]12CCC[C@@H]1C(=O)c1ccccc1O2. The Morgan fingerprint density at radius 3 is 3.07 bits per heavy atom. The molecule has 0 spiro atoms. The third kappa shape index (κ3) is 1.14. The Labute approximate surface area is 89.2 Å². The van der Waals surface area contributed by atoms with E-state index in [2.05, 4.69) is 6.92 Å². The number of carbonyl (C=O) groups is 1. The number of benzene rings is 1. The van der Waals surface area contributed by atoms with E-state index in [4.69, 9.17) is 4.74 Å². The summed E-state index contributed by atoms with van der Waals surface area (Å²) in [4.78, 5) is 12.2. The minimum atomic E-state index is -0.245. The van der Waals surface area contributed by atoms with Crippen LogP contribution in [0.5, 0.6) is 5.75 Å². The molecule has 15 heavy (non-hydrogen) atoms. The van der Waals surface area contributed by atoms with Crippen LogP contribution in [0.15, 0.2) is 24.3 Å². The average Bonchev–Trinajstić information content (AvgIpc) is 2.60. The molecule has 78 valence electrons. The normalized spacial score (nSPS) is 33.1. The van der Waals surface area contributed by atoms with Crippen molar-refractivity contribution >= 4 is 5.78 Å². The quantitative estimate of drug-likeness (QED) is 0.646. The summed E-state index contributed by atoms with van der Waals surface area (Å²) in [5, 5.41) is 0. The molecular formula is C13H14O2. The molecule has 0 bridgehead atoms. The Bertz CT molecular complexity index is 424. The molecule has 0 unspecified atom stereocenters. The van der Waals surface area contributed by atoms with E-state index in [1.54, 1.807) is 0 Å². The van der Waals surface area contributed by atoms with Crippen LogP contribution in [0.1, 0.15) is 36.5 Å². The molecule has 0 saturated heterocycles. The van der Waals surface area contributed by atoms with Crippen LogP contribution in [0.4, 0.5) is 0 Å². The summed E-state index contributed by atoms with van der Waals surface area (Å²) in [5.74, 6) is 1.12. The maximum absolute atomic E-state index is 12.2. The minimum absolute atomic E-state index is 0.0763. The Balaban J connectivity index is 2.13. The van der Waals surface area contributed by atoms with E-state index in [-0.39, 0.29) is 17.3 Å². The molecule has 1 aliphatic carbocycles. The van der Waals surface area contributed by atoms with Crippen molar-refractivity contribution in [2.75, 3.05) is 0 Å². The monoisotopic (exact) mass is 202 g/mol. The zero-order chi connectivity index (χ0) is 10.5. The molecule has 2 aliphatic rings. The summed E-state index contributed by atoms with van der Waals surface area (Å²) in [5.41, 5.74) is 0.521. The molecular weight excluding hydrogens is 188 g/mol. The molecule has 0 N–H and O–H groups in total. The van der Waals surface area contributed by atoms with Crippen molar-refractivity contribution in [1.82, 2.24) is 0 Å². The van der Waals surface area contributed by atoms with Crippen LogP contribution in [0, 0.1) is 5.92 Å². The van der Waals surface area contributed by atoms with Crippen LogP contribution in [0.3, 0.4) is 0 Å². The van der Waals surface area contributed by atoms with Gasteiger partial charge in [0, 0.05) is 0 Å². The van der Waals surface area contributed by atoms with Crippen LogP contribution in [-0.2, 0) is 0 Å². The molecule has 2 heteroatoms. The molecule has 1 aromatic carbocycles. The molecule has 2 atom stereocenters. The van der Waals surface area contributed by atoms with Crippen molar-refractivity contribution in [3.8, 4) is 5.75 Å². The van der Waals surface area contributed by atoms with Crippen molar-refractivity contribution in [3.05, 3.63) is 29.8 Å². The highest BCUT2D eigenvalue weighted by atomic mass is 16.5. The predicted octanol–water partition coefficient (Wildman–Crippen LogP) is 2.82. The number of ketones is 1. The van der Waals surface area contributed by atoms with Gasteiger partial charge in [0.25, 0.3) is 0 Å². The van der Waals surface area contributed by atoms with E-state index in [1.165, 1.54) is 0 Å². The topological polar surface area (TPSA) is 26.3 Å². The van der Waals surface area contributed by atoms with Gasteiger partial charge in [-0.05, 0) is 38.3 Å². The van der Waals surface area contributed by atoms with Gasteiger partial charge < -0.3 is 4.74 Å². The summed E-state index contributed by atoms with van der Waals surface area (Å²) in [6.07, 6.45) is 3.07. The van der Waals surface area contributed by atoms with Crippen molar-refractivity contribution in [3.63, 3.8) is 0 Å². The molecule has 1 saturated carbocycles. The van der Waals surface area contributed by atoms with E-state index in [0.717, 1.165) is 30.6 Å². The Hall–Kier alpha value is -1.31. The molecule has 1 heterocycles. The van der Waals surface area contributed by atoms with Gasteiger partial charge in [-0.1, -0.05) is 12.1 Å². The highest BCUT2D eigenvalue weighted by Crippen LogP contribution is 2.45. The van der Waals surface area contributed by atoms with Gasteiger partial charge in [-0.2, -0.15) is 0 Å². The second kappa shape index (κ2) is 2.84. The summed E-state index contributed by atoms with van der Waals surface area (Å²) in [6.45, 7) is 2.07. The smallest absolute Gasteiger partial charge is 0.173 e. The molecule has 0 amide bonds. The molecule has 0 aromatic heterocycles. The molecule has 1 fully saturated rings. The largest absolute Gasteiger partial charge is 0.486 e. The van der Waals surface area contributed by atoms with Crippen LogP contribution in [-0.4, -0.2) is 11.4 Å². The average molecular weight is 202 g/mol. The third-order valence-corrected chi connectivity index (χ3v) is 3.72. The molecule has 3 rings (SSSR count). The zero-order valence-corrected chi connectivity index (χ0v) is 8.82. The maximum Gasteiger partial charge on any atom is 0.173 e. The van der Waals surface area contributed by atoms with E-state index in [9.17, 15) is 4.79 Å². The predicted molar refractivity (Wildman–Crippen MR) is 57.1 cm³/mol. The standard InChI is InChI=1S/C13H14O2/c1-13-8-4-6-10(13)12(14)9-5-2-3-7-11(9)15-13/h2-3,5,7,10H,4,6,8H2,1H3/t10-,13-/m1/s1. The molecule has 2 nitrogen and oxygen atoms in total. The molecule has 0 radical (unpaired) electrons. The lowest BCUT2D eigenvalue weighted by atomic mass is 9.83. The fraction of sp³-hybridized carbons (Fsp3) is 0.462. The van der Waals surface area contributed by atoms with Gasteiger partial charge in [0.05, 0.1) is 11.5 Å². The first-order valence-corrected chi connectivity index (χ1v) is 5.53. The number of para-hydroxylation sites is 1. The van der Waals surface area contributed by atoms with E-state index >= 15 is 0 Å². The number of fused-ring (bicyclic) bond motifs is 2. The molecule has 1 aromatic rings. The van der Waals surface area contributed by atoms with Gasteiger partial charge >= 0.3 is 0 Å². The minimum Gasteiger partial charge on any atom is -0.486 e. The summed E-state index contributed by atoms with van der Waals surface area (Å²) >= 11 is 0. The van der Waals surface area contributed by atoms with Gasteiger partial charge in [0.15, 0.2) is 5.78 Å². The van der Waals surface area contributed by atoms with Gasteiger partial charge in [0.1, 0.15) is 11.4 Å². The maximum atomic E-state index is 12.2. The van der Waals surface area contributed by atoms with Crippen molar-refractivity contribution < 1.29 is 9.53 Å². The lowest BCUT2D eigenvalue weighted by Crippen LogP contribution is -2.44. The van der Waals surface area contributed by atoms with E-state index < -0.39 is 0 Å². The zero-order valence-electron chi connectivity index (χ0n) is 8.82. The van der Waals surface area contributed by atoms with Gasteiger partial charge in [0.2, 0.25) is 0 Å². The highest BCUT2D eigenvalue weighted by Gasteiger charge is 2.49. The van der Waals surface area contributed by atoms with Gasteiger partial charge in [-0.3, -0.25) is 4.79 Å². The summed E-state index contributed by atoms with van der Waals surface area (Å²) in [7, 11) is 0. The van der Waals surface area contributed by atoms with Crippen LogP contribution < -0.4 is 4.74 Å². The first kappa shape index (κ1) is 8.96. The second-order valence-corrected chi connectivity index (χ2v) is 4.72. The highest BCUT2D eigenvalue weighted by molar-refractivity contribution is 6.02.